The molecule has 0 bridgehead atoms. The molecular weight excluding hydrogens is 446 g/mol. The summed E-state index contributed by atoms with van der Waals surface area (Å²) in [5.74, 6) is -0.00147. The van der Waals surface area contributed by atoms with Crippen LogP contribution in [-0.2, 0) is 10.0 Å². The first-order chi connectivity index (χ1) is 13.4. The van der Waals surface area contributed by atoms with Crippen LogP contribution in [-0.4, -0.2) is 26.4 Å². The van der Waals surface area contributed by atoms with E-state index in [9.17, 15) is 13.2 Å². The van der Waals surface area contributed by atoms with Gasteiger partial charge in [0.25, 0.3) is 15.9 Å². The summed E-state index contributed by atoms with van der Waals surface area (Å²) in [6, 6.07) is 14.4. The minimum Gasteiger partial charge on any atom is -0.495 e. The Labute approximate surface area is 170 Å². The highest BCUT2D eigenvalue weighted by Gasteiger charge is 2.18. The molecule has 3 aromatic rings. The summed E-state index contributed by atoms with van der Waals surface area (Å²) in [5, 5.41) is 2.67. The summed E-state index contributed by atoms with van der Waals surface area (Å²) in [6.45, 7) is 0. The zero-order valence-electron chi connectivity index (χ0n) is 14.7. The van der Waals surface area contributed by atoms with Gasteiger partial charge < -0.3 is 10.1 Å². The predicted octanol–water partition coefficient (Wildman–Crippen LogP) is 3.91. The molecule has 0 radical (unpaired) electrons. The maximum Gasteiger partial charge on any atom is 0.262 e. The van der Waals surface area contributed by atoms with Crippen LogP contribution in [0.2, 0.25) is 0 Å². The molecule has 0 spiro atoms. The molecule has 3 rings (SSSR count). The van der Waals surface area contributed by atoms with E-state index in [1.807, 2.05) is 0 Å². The molecule has 0 fully saturated rings. The maximum absolute atomic E-state index is 12.8. The molecule has 0 aliphatic carbocycles. The van der Waals surface area contributed by atoms with E-state index in [4.69, 9.17) is 4.74 Å². The van der Waals surface area contributed by atoms with Crippen LogP contribution in [0.4, 0.5) is 11.4 Å². The van der Waals surface area contributed by atoms with Gasteiger partial charge in [-0.3, -0.25) is 14.5 Å². The van der Waals surface area contributed by atoms with Crippen molar-refractivity contribution < 1.29 is 17.9 Å². The number of nitrogens with zero attached hydrogens (tertiary/aromatic N) is 1. The van der Waals surface area contributed by atoms with Gasteiger partial charge in [0.05, 0.1) is 23.3 Å². The second kappa shape index (κ2) is 8.41. The number of carbonyl (C=O) groups is 1. The highest BCUT2D eigenvalue weighted by atomic mass is 79.9. The molecule has 2 aromatic carbocycles. The Hall–Kier alpha value is -2.91. The van der Waals surface area contributed by atoms with E-state index in [-0.39, 0.29) is 4.90 Å². The van der Waals surface area contributed by atoms with Crippen molar-refractivity contribution in [2.24, 2.45) is 0 Å². The molecule has 0 saturated heterocycles. The van der Waals surface area contributed by atoms with Crippen molar-refractivity contribution in [2.45, 2.75) is 4.90 Å². The van der Waals surface area contributed by atoms with Gasteiger partial charge in [0, 0.05) is 22.6 Å². The second-order valence-corrected chi connectivity index (χ2v) is 8.28. The fourth-order valence-corrected chi connectivity index (χ4v) is 4.21. The van der Waals surface area contributed by atoms with Crippen LogP contribution in [0.3, 0.4) is 0 Å². The zero-order valence-corrected chi connectivity index (χ0v) is 17.1. The number of hydrogen-bond donors (Lipinski definition) is 2. The standard InChI is InChI=1S/C19H16BrN3O4S/c1-27-18-7-3-2-6-17(18)23-28(25,26)16-10-14(20)9-15(11-16)22-19(24)13-5-4-8-21-12-13/h2-12,23H,1H3,(H,22,24). The molecule has 0 aliphatic rings. The van der Waals surface area contributed by atoms with E-state index in [1.165, 1.54) is 25.4 Å². The Morgan fingerprint density at radius 2 is 1.89 bits per heavy atom. The number of methoxy groups -OCH3 is 1. The molecule has 1 heterocycles. The first-order valence-electron chi connectivity index (χ1n) is 8.07. The third-order valence-corrected chi connectivity index (χ3v) is 5.52. The third-order valence-electron chi connectivity index (χ3n) is 3.71. The summed E-state index contributed by atoms with van der Waals surface area (Å²) in [4.78, 5) is 16.2. The quantitative estimate of drug-likeness (QED) is 0.579. The fourth-order valence-electron chi connectivity index (χ4n) is 2.42. The summed E-state index contributed by atoms with van der Waals surface area (Å²) in [7, 11) is -2.46. The number of carbonyl (C=O) groups excluding carboxylic acids is 1. The number of hydrogen-bond acceptors (Lipinski definition) is 5. The Bertz CT molecular complexity index is 1110. The monoisotopic (exact) mass is 461 g/mol. The Kier molecular flexibility index (Phi) is 5.96. The number of halogens is 1. The maximum atomic E-state index is 12.8. The normalized spacial score (nSPS) is 10.9. The van der Waals surface area contributed by atoms with Crippen LogP contribution in [0.5, 0.6) is 5.75 Å². The number of benzene rings is 2. The van der Waals surface area contributed by atoms with Gasteiger partial charge in [-0.25, -0.2) is 8.42 Å². The molecule has 9 heteroatoms. The third kappa shape index (κ3) is 4.68. The molecule has 2 N–H and O–H groups in total. The SMILES string of the molecule is COc1ccccc1NS(=O)(=O)c1cc(Br)cc(NC(=O)c2cccnc2)c1. The lowest BCUT2D eigenvalue weighted by Crippen LogP contribution is -2.15. The molecule has 0 atom stereocenters. The van der Waals surface area contributed by atoms with Gasteiger partial charge in [-0.2, -0.15) is 0 Å². The van der Waals surface area contributed by atoms with Crippen molar-refractivity contribution in [3.05, 3.63) is 77.0 Å². The van der Waals surface area contributed by atoms with Crippen LogP contribution < -0.4 is 14.8 Å². The van der Waals surface area contributed by atoms with Crippen LogP contribution in [0, 0.1) is 0 Å². The molecule has 0 unspecified atom stereocenters. The van der Waals surface area contributed by atoms with Crippen LogP contribution in [0.15, 0.2) is 76.4 Å². The van der Waals surface area contributed by atoms with Gasteiger partial charge in [0.2, 0.25) is 0 Å². The van der Waals surface area contributed by atoms with E-state index in [2.05, 4.69) is 31.0 Å². The van der Waals surface area contributed by atoms with Crippen molar-refractivity contribution in [3.63, 3.8) is 0 Å². The molecule has 144 valence electrons. The number of rotatable bonds is 6. The molecule has 28 heavy (non-hydrogen) atoms. The van der Waals surface area contributed by atoms with E-state index in [0.717, 1.165) is 0 Å². The molecule has 7 nitrogen and oxygen atoms in total. The predicted molar refractivity (Wildman–Crippen MR) is 110 cm³/mol. The van der Waals surface area contributed by atoms with E-state index in [1.54, 1.807) is 48.7 Å². The summed E-state index contributed by atoms with van der Waals surface area (Å²) in [6.07, 6.45) is 2.98. The largest absolute Gasteiger partial charge is 0.495 e. The molecule has 1 aromatic heterocycles. The Morgan fingerprint density at radius 1 is 1.11 bits per heavy atom. The number of pyridine rings is 1. The smallest absolute Gasteiger partial charge is 0.262 e. The lowest BCUT2D eigenvalue weighted by atomic mass is 10.2. The highest BCUT2D eigenvalue weighted by Crippen LogP contribution is 2.28. The number of aromatic nitrogens is 1. The van der Waals surface area contributed by atoms with Crippen molar-refractivity contribution in [2.75, 3.05) is 17.1 Å². The molecular formula is C19H16BrN3O4S. The van der Waals surface area contributed by atoms with Crippen molar-refractivity contribution in [1.29, 1.82) is 0 Å². The number of ether oxygens (including phenoxy) is 1. The number of anilines is 2. The number of amides is 1. The second-order valence-electron chi connectivity index (χ2n) is 5.68. The lowest BCUT2D eigenvalue weighted by molar-refractivity contribution is 0.102. The molecule has 1 amide bonds. The lowest BCUT2D eigenvalue weighted by Gasteiger charge is -2.13. The number of sulfonamides is 1. The average molecular weight is 462 g/mol. The topological polar surface area (TPSA) is 97.4 Å². The van der Waals surface area contributed by atoms with E-state index >= 15 is 0 Å². The van der Waals surface area contributed by atoms with Gasteiger partial charge >= 0.3 is 0 Å². The van der Waals surface area contributed by atoms with E-state index < -0.39 is 15.9 Å². The van der Waals surface area contributed by atoms with Gasteiger partial charge in [-0.05, 0) is 42.5 Å². The van der Waals surface area contributed by atoms with Crippen molar-refractivity contribution in [1.82, 2.24) is 4.98 Å². The van der Waals surface area contributed by atoms with Crippen LogP contribution in [0.1, 0.15) is 10.4 Å². The van der Waals surface area contributed by atoms with E-state index in [0.29, 0.717) is 27.2 Å². The van der Waals surface area contributed by atoms with Crippen molar-refractivity contribution in [3.8, 4) is 5.75 Å². The molecule has 0 saturated carbocycles. The van der Waals surface area contributed by atoms with Gasteiger partial charge in [-0.15, -0.1) is 0 Å². The average Bonchev–Trinajstić information content (AvgIpc) is 2.68. The fraction of sp³-hybridized carbons (Fsp3) is 0.0526. The van der Waals surface area contributed by atoms with Crippen LogP contribution in [0.25, 0.3) is 0 Å². The Morgan fingerprint density at radius 3 is 2.61 bits per heavy atom. The summed E-state index contributed by atoms with van der Waals surface area (Å²) in [5.41, 5.74) is 0.994. The summed E-state index contributed by atoms with van der Waals surface area (Å²) < 4.78 is 33.8. The van der Waals surface area contributed by atoms with Gasteiger partial charge in [0.15, 0.2) is 0 Å². The first-order valence-corrected chi connectivity index (χ1v) is 10.3. The van der Waals surface area contributed by atoms with Crippen molar-refractivity contribution >= 4 is 43.2 Å². The number of nitrogens with one attached hydrogen (secondary N) is 2. The van der Waals surface area contributed by atoms with Crippen LogP contribution >= 0.6 is 15.9 Å². The summed E-state index contributed by atoms with van der Waals surface area (Å²) >= 11 is 3.28. The van der Waals surface area contributed by atoms with Gasteiger partial charge in [-0.1, -0.05) is 28.1 Å². The highest BCUT2D eigenvalue weighted by molar-refractivity contribution is 9.10. The van der Waals surface area contributed by atoms with Gasteiger partial charge in [0.1, 0.15) is 5.75 Å². The zero-order chi connectivity index (χ0) is 20.1. The minimum absolute atomic E-state index is 0.0192. The molecule has 0 aliphatic heterocycles. The minimum atomic E-state index is -3.91. The number of para-hydroxylation sites is 2. The Balaban J connectivity index is 1.89. The first kappa shape index (κ1) is 19.8.